The first-order chi connectivity index (χ1) is 22.8. The molecule has 0 aliphatic rings. The van der Waals surface area contributed by atoms with Crippen LogP contribution < -0.4 is 19.8 Å². The van der Waals surface area contributed by atoms with Gasteiger partial charge in [0.2, 0.25) is 39.7 Å². The molecule has 0 unspecified atom stereocenters. The number of amides is 2. The smallest absolute Gasteiger partial charge is 0.726 e. The van der Waals surface area contributed by atoms with Crippen LogP contribution in [0.25, 0.3) is 10.3 Å². The second kappa shape index (κ2) is 20.5. The summed E-state index contributed by atoms with van der Waals surface area (Å²) in [4.78, 5) is 23.7. The van der Waals surface area contributed by atoms with Gasteiger partial charge in [-0.15, -0.1) is 20.4 Å². The van der Waals surface area contributed by atoms with E-state index in [0.717, 1.165) is 14.2 Å². The molecular formula is C20H24CuN10O14S6. The number of carbonyl (C=O) groups is 2. The van der Waals surface area contributed by atoms with E-state index >= 15 is 0 Å². The number of nitrogens with one attached hydrogen (secondary N) is 4. The van der Waals surface area contributed by atoms with E-state index in [1.165, 1.54) is 0 Å². The number of rotatable bonds is 8. The predicted octanol–water partition coefficient (Wildman–Crippen LogP) is -1.10. The number of nitrogens with zero attached hydrogens (tertiary/aromatic N) is 6. The van der Waals surface area contributed by atoms with Gasteiger partial charge >= 0.3 is 17.1 Å². The first-order valence-corrected chi connectivity index (χ1v) is 19.3. The van der Waals surface area contributed by atoms with E-state index in [9.17, 15) is 52.4 Å². The average molecular weight is 884 g/mol. The van der Waals surface area contributed by atoms with Crippen LogP contribution in [0.15, 0.2) is 57.7 Å². The summed E-state index contributed by atoms with van der Waals surface area (Å²) < 4.78 is 108. The van der Waals surface area contributed by atoms with Crippen LogP contribution in [-0.2, 0) is 80.4 Å². The summed E-state index contributed by atoms with van der Waals surface area (Å²) in [6, 6.07) is 6.63. The first-order valence-electron chi connectivity index (χ1n) is 12.1. The van der Waals surface area contributed by atoms with Gasteiger partial charge in [-0.05, 0) is 12.1 Å². The molecule has 0 fully saturated rings. The topological polar surface area (TPSA) is 366 Å². The molecule has 0 saturated carbocycles. The van der Waals surface area contributed by atoms with Crippen molar-refractivity contribution in [2.75, 3.05) is 24.9 Å². The molecule has 24 nitrogen and oxygen atoms in total. The van der Waals surface area contributed by atoms with Crippen molar-refractivity contribution in [3.05, 3.63) is 70.5 Å². The third kappa shape index (κ3) is 19.6. The van der Waals surface area contributed by atoms with Gasteiger partial charge in [-0.25, -0.2) is 42.8 Å². The van der Waals surface area contributed by atoms with Gasteiger partial charge in [0, 0.05) is 12.1 Å². The van der Waals surface area contributed by atoms with Crippen LogP contribution in [0.4, 0.5) is 10.3 Å². The number of aryl methyl sites for hydroxylation is 2. The fraction of sp³-hybridized carbons (Fsp3) is 0.200. The summed E-state index contributed by atoms with van der Waals surface area (Å²) in [7, 11) is -12.0. The maximum Gasteiger partial charge on any atom is 2.00 e. The molecule has 0 bridgehead atoms. The minimum atomic E-state index is -4.41. The zero-order chi connectivity index (χ0) is 38.5. The van der Waals surface area contributed by atoms with Crippen molar-refractivity contribution in [3.8, 4) is 0 Å². The zero-order valence-electron chi connectivity index (χ0n) is 25.8. The Kier molecular flexibility index (Phi) is 19.0. The molecule has 31 heteroatoms. The summed E-state index contributed by atoms with van der Waals surface area (Å²) in [5, 5.41) is 32.2. The second-order valence-electron chi connectivity index (χ2n) is 8.33. The SMILES string of the molecule is COS(=O)(=O)[O-].COS(=O)(=O)[O-].C[n+]1cccc(C(=O)Nc2nnc(S([NH-])(=O)=O)s2)c1.C[n+]1cccc(C(=O)Nc2nnc(S([NH-])(=O)=O)s2)c1.[Cu+2]. The maximum absolute atomic E-state index is 11.8. The summed E-state index contributed by atoms with van der Waals surface area (Å²) in [5.74, 6) is -0.859. The minimum Gasteiger partial charge on any atom is -0.726 e. The van der Waals surface area contributed by atoms with E-state index in [1.807, 2.05) is 0 Å². The zero-order valence-corrected chi connectivity index (χ0v) is 31.6. The Bertz CT molecular complexity index is 2070. The van der Waals surface area contributed by atoms with E-state index in [1.54, 1.807) is 72.3 Å². The standard InChI is InChI=1S/2C9H9N5O3S2.2CH4O4S.Cu/c2*1-14-4-2-3-6(5-14)7(15)11-8-12-13-9(18-8)19(10,16)17;2*1-5-6(2,3)4;/h2*2-5H,1H3,(H2-,10,11,12,15,16,17);2*1H3,(H,2,3,4);/q;;;;+2/p-2. The van der Waals surface area contributed by atoms with Gasteiger partial charge in [-0.1, -0.05) is 22.7 Å². The van der Waals surface area contributed by atoms with Crippen LogP contribution in [0.3, 0.4) is 0 Å². The average Bonchev–Trinajstić information content (AvgIpc) is 3.68. The number of anilines is 2. The second-order valence-corrected chi connectivity index (χ2v) is 15.9. The Balaban J connectivity index is 0.000000736. The van der Waals surface area contributed by atoms with Gasteiger partial charge < -0.3 is 19.4 Å². The van der Waals surface area contributed by atoms with Crippen molar-refractivity contribution < 1.29 is 86.9 Å². The van der Waals surface area contributed by atoms with Gasteiger partial charge in [-0.3, -0.25) is 28.6 Å². The van der Waals surface area contributed by atoms with E-state index in [0.29, 0.717) is 33.8 Å². The van der Waals surface area contributed by atoms with Crippen LogP contribution in [0.2, 0.25) is 0 Å². The number of pyridine rings is 2. The fourth-order valence-electron chi connectivity index (χ4n) is 2.52. The molecule has 0 aliphatic carbocycles. The van der Waals surface area contributed by atoms with E-state index < -0.39 is 61.3 Å². The molecule has 0 atom stereocenters. The number of carbonyl (C=O) groups excluding carboxylic acids is 2. The van der Waals surface area contributed by atoms with Crippen molar-refractivity contribution in [1.29, 1.82) is 0 Å². The predicted molar refractivity (Wildman–Crippen MR) is 167 cm³/mol. The Hall–Kier alpha value is -3.56. The minimum absolute atomic E-state index is 0. The van der Waals surface area contributed by atoms with Gasteiger partial charge in [0.25, 0.3) is 11.8 Å². The van der Waals surface area contributed by atoms with Crippen LogP contribution in [0, 0.1) is 0 Å². The van der Waals surface area contributed by atoms with Crippen LogP contribution >= 0.6 is 22.7 Å². The summed E-state index contributed by atoms with van der Waals surface area (Å²) in [5.41, 5.74) is 0.797. The normalized spacial score (nSPS) is 11.1. The Morgan fingerprint density at radius 2 is 0.980 bits per heavy atom. The molecule has 4 N–H and O–H groups in total. The molecule has 4 aromatic rings. The quantitative estimate of drug-likeness (QED) is 0.0697. The summed E-state index contributed by atoms with van der Waals surface area (Å²) >= 11 is 1.26. The molecule has 285 valence electrons. The largest absolute Gasteiger partial charge is 2.00 e. The van der Waals surface area contributed by atoms with Crippen molar-refractivity contribution in [1.82, 2.24) is 20.4 Å². The van der Waals surface area contributed by atoms with E-state index in [-0.39, 0.29) is 27.3 Å². The summed E-state index contributed by atoms with van der Waals surface area (Å²) in [6.07, 6.45) is 6.76. The molecule has 4 aromatic heterocycles. The molecule has 2 amide bonds. The van der Waals surface area contributed by atoms with Crippen LogP contribution in [0.1, 0.15) is 20.7 Å². The molecule has 51 heavy (non-hydrogen) atoms. The van der Waals surface area contributed by atoms with E-state index in [4.69, 9.17) is 10.3 Å². The van der Waals surface area contributed by atoms with Crippen molar-refractivity contribution in [3.63, 3.8) is 0 Å². The third-order valence-corrected chi connectivity index (χ3v) is 9.51. The maximum atomic E-state index is 11.8. The molecule has 4 rings (SSSR count). The number of aromatic nitrogens is 6. The van der Waals surface area contributed by atoms with Crippen LogP contribution in [-0.4, -0.2) is 89.2 Å². The molecular weight excluding hydrogens is 860 g/mol. The third-order valence-electron chi connectivity index (χ3n) is 4.53. The Morgan fingerprint density at radius 1 is 0.686 bits per heavy atom. The van der Waals surface area contributed by atoms with Gasteiger partial charge in [0.1, 0.15) is 45.3 Å². The Labute approximate surface area is 309 Å². The van der Waals surface area contributed by atoms with Gasteiger partial charge in [0.05, 0.1) is 14.2 Å². The van der Waals surface area contributed by atoms with Gasteiger partial charge in [0.15, 0.2) is 24.8 Å². The van der Waals surface area contributed by atoms with Crippen molar-refractivity contribution >= 4 is 85.6 Å². The molecule has 4 heterocycles. The number of hydrogen-bond donors (Lipinski definition) is 2. The molecule has 0 aliphatic heterocycles. The first kappa shape index (κ1) is 47.4. The number of sulfonamides is 2. The molecule has 0 saturated heterocycles. The number of hydrogen-bond acceptors (Lipinski definition) is 20. The van der Waals surface area contributed by atoms with E-state index in [2.05, 4.69) is 39.4 Å². The van der Waals surface area contributed by atoms with Crippen molar-refractivity contribution in [2.45, 2.75) is 8.68 Å². The van der Waals surface area contributed by atoms with Crippen molar-refractivity contribution in [2.24, 2.45) is 14.1 Å². The molecule has 1 radical (unpaired) electrons. The molecule has 0 aromatic carbocycles. The fourth-order valence-corrected chi connectivity index (χ4v) is 5.11. The Morgan fingerprint density at radius 3 is 1.20 bits per heavy atom. The van der Waals surface area contributed by atoms with Crippen LogP contribution in [0.5, 0.6) is 0 Å². The van der Waals surface area contributed by atoms with Gasteiger partial charge in [-0.2, -0.15) is 0 Å². The summed E-state index contributed by atoms with van der Waals surface area (Å²) in [6.45, 7) is 0. The molecule has 0 spiro atoms. The monoisotopic (exact) mass is 883 g/mol.